The van der Waals surface area contributed by atoms with Gasteiger partial charge in [-0.2, -0.15) is 0 Å². The molecule has 0 spiro atoms. The third-order valence-corrected chi connectivity index (χ3v) is 3.12. The predicted molar refractivity (Wildman–Crippen MR) is 67.8 cm³/mol. The van der Waals surface area contributed by atoms with Crippen molar-refractivity contribution in [3.8, 4) is 0 Å². The summed E-state index contributed by atoms with van der Waals surface area (Å²) in [6.07, 6.45) is 2.14. The molecule has 0 amide bonds. The van der Waals surface area contributed by atoms with Crippen LogP contribution in [0.15, 0.2) is 9.59 Å². The van der Waals surface area contributed by atoms with E-state index in [0.717, 1.165) is 25.2 Å². The zero-order valence-electron chi connectivity index (χ0n) is 10.5. The lowest BCUT2D eigenvalue weighted by Crippen LogP contribution is -2.32. The van der Waals surface area contributed by atoms with Crippen molar-refractivity contribution in [3.63, 3.8) is 0 Å². The van der Waals surface area contributed by atoms with Crippen LogP contribution in [0.5, 0.6) is 0 Å². The molecule has 94 valence electrons. The molecule has 1 aromatic heterocycles. The largest absolute Gasteiger partial charge is 0.349 e. The molecule has 0 saturated heterocycles. The summed E-state index contributed by atoms with van der Waals surface area (Å²) in [7, 11) is 3.56. The van der Waals surface area contributed by atoms with Gasteiger partial charge in [0.2, 0.25) is 0 Å². The summed E-state index contributed by atoms with van der Waals surface area (Å²) < 4.78 is 1.51. The Labute approximate surface area is 99.5 Å². The Hall–Kier alpha value is -1.72. The molecule has 0 radical (unpaired) electrons. The van der Waals surface area contributed by atoms with Crippen molar-refractivity contribution < 1.29 is 0 Å². The van der Waals surface area contributed by atoms with Gasteiger partial charge in [-0.25, -0.2) is 4.79 Å². The Balaban J connectivity index is 2.52. The van der Waals surface area contributed by atoms with Gasteiger partial charge in [0.05, 0.1) is 6.67 Å². The van der Waals surface area contributed by atoms with Crippen LogP contribution in [0.25, 0.3) is 0 Å². The minimum atomic E-state index is -0.356. The Morgan fingerprint density at radius 3 is 2.65 bits per heavy atom. The van der Waals surface area contributed by atoms with Gasteiger partial charge in [-0.1, -0.05) is 13.3 Å². The number of rotatable bonds is 3. The normalized spacial score (nSPS) is 14.3. The second-order valence-electron chi connectivity index (χ2n) is 4.45. The summed E-state index contributed by atoms with van der Waals surface area (Å²) in [5.74, 6) is 0.731. The molecule has 0 fully saturated rings. The number of aromatic amines is 1. The Bertz CT molecular complexity index is 531. The molecular formula is C11H18N4O2. The lowest BCUT2D eigenvalue weighted by atomic mass is 10.3. The average Bonchev–Trinajstić information content (AvgIpc) is 2.61. The standard InChI is InChI=1S/C11H18N4O2/c1-4-5-6-15-7-13(2)8-9(16)12-11(17)14(3)10(8)15/h4-7H2,1-3H3,(H,12,16,17). The van der Waals surface area contributed by atoms with Gasteiger partial charge < -0.3 is 9.80 Å². The van der Waals surface area contributed by atoms with Crippen LogP contribution in [0.4, 0.5) is 11.5 Å². The number of unbranched alkanes of at least 4 members (excludes halogenated alkanes) is 1. The van der Waals surface area contributed by atoms with Crippen molar-refractivity contribution in [2.24, 2.45) is 7.05 Å². The van der Waals surface area contributed by atoms with E-state index in [-0.39, 0.29) is 11.2 Å². The minimum Gasteiger partial charge on any atom is -0.349 e. The van der Waals surface area contributed by atoms with E-state index in [2.05, 4.69) is 16.8 Å². The Morgan fingerprint density at radius 1 is 1.29 bits per heavy atom. The van der Waals surface area contributed by atoms with Crippen LogP contribution in [-0.2, 0) is 7.05 Å². The summed E-state index contributed by atoms with van der Waals surface area (Å²) in [4.78, 5) is 29.7. The number of aromatic nitrogens is 2. The molecule has 0 unspecified atom stereocenters. The zero-order chi connectivity index (χ0) is 12.6. The first kappa shape index (κ1) is 11.8. The minimum absolute atomic E-state index is 0.301. The van der Waals surface area contributed by atoms with Crippen LogP contribution < -0.4 is 21.0 Å². The summed E-state index contributed by atoms with van der Waals surface area (Å²) in [6.45, 7) is 3.65. The quantitative estimate of drug-likeness (QED) is 0.810. The number of anilines is 2. The van der Waals surface area contributed by atoms with E-state index in [9.17, 15) is 9.59 Å². The Kier molecular flexibility index (Phi) is 2.95. The lowest BCUT2D eigenvalue weighted by molar-refractivity contribution is 0.700. The maximum atomic E-state index is 11.8. The fourth-order valence-corrected chi connectivity index (χ4v) is 2.22. The van der Waals surface area contributed by atoms with Gasteiger partial charge in [0.1, 0.15) is 11.5 Å². The Morgan fingerprint density at radius 2 is 2.00 bits per heavy atom. The molecular weight excluding hydrogens is 220 g/mol. The molecule has 2 heterocycles. The third kappa shape index (κ3) is 1.83. The van der Waals surface area contributed by atoms with Gasteiger partial charge in [0.15, 0.2) is 0 Å². The van der Waals surface area contributed by atoms with Crippen molar-refractivity contribution in [2.75, 3.05) is 30.1 Å². The van der Waals surface area contributed by atoms with Gasteiger partial charge in [-0.05, 0) is 6.42 Å². The van der Waals surface area contributed by atoms with Gasteiger partial charge in [-0.15, -0.1) is 0 Å². The average molecular weight is 238 g/mol. The summed E-state index contributed by atoms with van der Waals surface area (Å²) >= 11 is 0. The molecule has 1 aliphatic rings. The molecule has 0 bridgehead atoms. The van der Waals surface area contributed by atoms with E-state index in [0.29, 0.717) is 12.4 Å². The van der Waals surface area contributed by atoms with E-state index >= 15 is 0 Å². The summed E-state index contributed by atoms with van der Waals surface area (Å²) in [5.41, 5.74) is -0.0710. The first-order valence-corrected chi connectivity index (χ1v) is 5.85. The number of H-pyrrole nitrogens is 1. The molecule has 6 heteroatoms. The van der Waals surface area contributed by atoms with Gasteiger partial charge in [0.25, 0.3) is 5.56 Å². The highest BCUT2D eigenvalue weighted by Crippen LogP contribution is 2.29. The second kappa shape index (κ2) is 4.27. The van der Waals surface area contributed by atoms with Crippen LogP contribution in [0.1, 0.15) is 19.8 Å². The van der Waals surface area contributed by atoms with E-state index in [1.165, 1.54) is 4.57 Å². The molecule has 6 nitrogen and oxygen atoms in total. The second-order valence-corrected chi connectivity index (χ2v) is 4.45. The van der Waals surface area contributed by atoms with Gasteiger partial charge in [0, 0.05) is 20.6 Å². The molecule has 1 N–H and O–H groups in total. The van der Waals surface area contributed by atoms with E-state index in [1.807, 2.05) is 11.9 Å². The number of hydrogen-bond donors (Lipinski definition) is 1. The summed E-state index contributed by atoms with van der Waals surface area (Å²) in [6, 6.07) is 0. The topological polar surface area (TPSA) is 61.3 Å². The van der Waals surface area contributed by atoms with Crippen LogP contribution >= 0.6 is 0 Å². The lowest BCUT2D eigenvalue weighted by Gasteiger charge is -2.19. The first-order chi connectivity index (χ1) is 8.06. The number of nitrogens with zero attached hydrogens (tertiary/aromatic N) is 3. The van der Waals surface area contributed by atoms with E-state index < -0.39 is 0 Å². The van der Waals surface area contributed by atoms with Crippen molar-refractivity contribution in [1.82, 2.24) is 9.55 Å². The smallest absolute Gasteiger partial charge is 0.329 e. The van der Waals surface area contributed by atoms with Crippen LogP contribution in [0, 0.1) is 0 Å². The van der Waals surface area contributed by atoms with Crippen molar-refractivity contribution in [2.45, 2.75) is 19.8 Å². The first-order valence-electron chi connectivity index (χ1n) is 5.85. The highest BCUT2D eigenvalue weighted by molar-refractivity contribution is 5.71. The van der Waals surface area contributed by atoms with E-state index in [1.54, 1.807) is 7.05 Å². The van der Waals surface area contributed by atoms with E-state index in [4.69, 9.17) is 0 Å². The molecule has 17 heavy (non-hydrogen) atoms. The van der Waals surface area contributed by atoms with Crippen molar-refractivity contribution in [3.05, 3.63) is 20.8 Å². The van der Waals surface area contributed by atoms with Crippen molar-refractivity contribution in [1.29, 1.82) is 0 Å². The highest BCUT2D eigenvalue weighted by atomic mass is 16.2. The fourth-order valence-electron chi connectivity index (χ4n) is 2.22. The van der Waals surface area contributed by atoms with Gasteiger partial charge in [-0.3, -0.25) is 14.3 Å². The van der Waals surface area contributed by atoms with Gasteiger partial charge >= 0.3 is 5.69 Å². The SMILES string of the molecule is CCCCN1CN(C)c2c1n(C)c(=O)[nH]c2=O. The predicted octanol–water partition coefficient (Wildman–Crippen LogP) is 0.0874. The molecule has 0 aliphatic carbocycles. The molecule has 1 aromatic rings. The number of fused-ring (bicyclic) bond motifs is 1. The molecule has 0 atom stereocenters. The molecule has 1 aliphatic heterocycles. The van der Waals surface area contributed by atoms with Crippen LogP contribution in [-0.4, -0.2) is 29.8 Å². The van der Waals surface area contributed by atoms with Crippen molar-refractivity contribution >= 4 is 11.5 Å². The fraction of sp³-hybridized carbons (Fsp3) is 0.636. The highest BCUT2D eigenvalue weighted by Gasteiger charge is 2.28. The maximum Gasteiger partial charge on any atom is 0.329 e. The van der Waals surface area contributed by atoms with Crippen LogP contribution in [0.2, 0.25) is 0 Å². The maximum absolute atomic E-state index is 11.8. The molecule has 0 aromatic carbocycles. The zero-order valence-corrected chi connectivity index (χ0v) is 10.5. The number of hydrogen-bond acceptors (Lipinski definition) is 4. The molecule has 2 rings (SSSR count). The summed E-state index contributed by atoms with van der Waals surface area (Å²) in [5, 5.41) is 0. The third-order valence-electron chi connectivity index (χ3n) is 3.12. The molecule has 0 saturated carbocycles. The van der Waals surface area contributed by atoms with Crippen LogP contribution in [0.3, 0.4) is 0 Å². The monoisotopic (exact) mass is 238 g/mol. The number of nitrogens with one attached hydrogen (secondary N) is 1.